The Morgan fingerprint density at radius 3 is 2.86 bits per heavy atom. The van der Waals surface area contributed by atoms with E-state index < -0.39 is 10.0 Å². The van der Waals surface area contributed by atoms with Crippen LogP contribution in [0.25, 0.3) is 11.0 Å². The molecule has 8 nitrogen and oxygen atoms in total. The van der Waals surface area contributed by atoms with Crippen LogP contribution in [0.3, 0.4) is 0 Å². The Morgan fingerprint density at radius 2 is 2.11 bits per heavy atom. The van der Waals surface area contributed by atoms with Crippen molar-refractivity contribution in [2.75, 3.05) is 24.9 Å². The Balaban J connectivity index is 1.62. The number of sulfonamides is 1. The van der Waals surface area contributed by atoms with Crippen molar-refractivity contribution < 1.29 is 17.7 Å². The van der Waals surface area contributed by atoms with E-state index in [4.69, 9.17) is 32.5 Å². The molecular formula is C17H16Cl2N4O4S. The molecule has 1 saturated heterocycles. The minimum absolute atomic E-state index is 0.00363. The molecule has 1 aliphatic heterocycles. The van der Waals surface area contributed by atoms with E-state index >= 15 is 0 Å². The number of halogens is 2. The molecule has 28 heavy (non-hydrogen) atoms. The van der Waals surface area contributed by atoms with Crippen molar-refractivity contribution in [2.24, 2.45) is 0 Å². The first-order chi connectivity index (χ1) is 13.3. The van der Waals surface area contributed by atoms with E-state index in [1.165, 1.54) is 12.4 Å². The molecular weight excluding hydrogens is 427 g/mol. The third-order valence-electron chi connectivity index (χ3n) is 4.39. The number of aromatic nitrogens is 2. The van der Waals surface area contributed by atoms with E-state index in [2.05, 4.69) is 19.8 Å². The number of nitrogens with one attached hydrogen (secondary N) is 1. The van der Waals surface area contributed by atoms with E-state index in [1.54, 1.807) is 18.2 Å². The highest BCUT2D eigenvalue weighted by Gasteiger charge is 2.25. The molecule has 3 heterocycles. The monoisotopic (exact) mass is 442 g/mol. The Morgan fingerprint density at radius 1 is 1.29 bits per heavy atom. The summed E-state index contributed by atoms with van der Waals surface area (Å²) >= 11 is 12.2. The number of likely N-dealkylation sites (N-methyl/N-ethyl adjacent to an activating group) is 1. The van der Waals surface area contributed by atoms with Gasteiger partial charge in [-0.2, -0.15) is 8.42 Å². The quantitative estimate of drug-likeness (QED) is 0.646. The van der Waals surface area contributed by atoms with Gasteiger partial charge >= 0.3 is 0 Å². The van der Waals surface area contributed by atoms with Crippen molar-refractivity contribution in [3.8, 4) is 5.75 Å². The minimum Gasteiger partial charge on any atom is -0.487 e. The molecule has 2 aromatic heterocycles. The number of benzene rings is 1. The normalized spacial score (nSPS) is 17.9. The second-order valence-electron chi connectivity index (χ2n) is 6.52. The lowest BCUT2D eigenvalue weighted by Crippen LogP contribution is -2.21. The fourth-order valence-corrected chi connectivity index (χ4v) is 4.56. The van der Waals surface area contributed by atoms with Gasteiger partial charge < -0.3 is 14.2 Å². The fraction of sp³-hybridized carbons (Fsp3) is 0.294. The van der Waals surface area contributed by atoms with Gasteiger partial charge in [0.15, 0.2) is 10.6 Å². The molecule has 4 rings (SSSR count). The van der Waals surface area contributed by atoms with Crippen molar-refractivity contribution in [3.63, 3.8) is 0 Å². The maximum absolute atomic E-state index is 12.8. The fourth-order valence-electron chi connectivity index (χ4n) is 3.05. The number of likely N-dealkylation sites (tertiary alicyclic amines) is 1. The molecule has 0 amide bonds. The third-order valence-corrected chi connectivity index (χ3v) is 6.31. The van der Waals surface area contributed by atoms with Crippen LogP contribution < -0.4 is 9.46 Å². The number of rotatable bonds is 5. The lowest BCUT2D eigenvalue weighted by molar-refractivity contribution is 0.208. The molecule has 3 aromatic rings. The molecule has 1 fully saturated rings. The molecule has 11 heteroatoms. The number of pyridine rings is 1. The van der Waals surface area contributed by atoms with Crippen LogP contribution in [0.2, 0.25) is 10.0 Å². The third kappa shape index (κ3) is 3.75. The van der Waals surface area contributed by atoms with Gasteiger partial charge in [-0.3, -0.25) is 4.72 Å². The lowest BCUT2D eigenvalue weighted by atomic mass is 10.3. The highest BCUT2D eigenvalue weighted by Crippen LogP contribution is 2.32. The summed E-state index contributed by atoms with van der Waals surface area (Å²) in [5, 5.41) is 4.14. The predicted molar refractivity (Wildman–Crippen MR) is 106 cm³/mol. The van der Waals surface area contributed by atoms with Crippen molar-refractivity contribution in [1.82, 2.24) is 15.0 Å². The molecule has 0 unspecified atom stereocenters. The van der Waals surface area contributed by atoms with E-state index in [9.17, 15) is 8.42 Å². The van der Waals surface area contributed by atoms with Crippen molar-refractivity contribution in [1.29, 1.82) is 0 Å². The first-order valence-electron chi connectivity index (χ1n) is 8.40. The zero-order chi connectivity index (χ0) is 19.9. The number of ether oxygens (including phenoxy) is 1. The topological polar surface area (TPSA) is 97.6 Å². The van der Waals surface area contributed by atoms with Crippen molar-refractivity contribution >= 4 is 49.9 Å². The van der Waals surface area contributed by atoms with E-state index in [0.717, 1.165) is 19.5 Å². The summed E-state index contributed by atoms with van der Waals surface area (Å²) in [6, 6.07) is 4.69. The van der Waals surface area contributed by atoms with Gasteiger partial charge in [-0.15, -0.1) is 0 Å². The first kappa shape index (κ1) is 19.3. The summed E-state index contributed by atoms with van der Waals surface area (Å²) < 4.78 is 39.1. The number of anilines is 1. The van der Waals surface area contributed by atoms with Crippen LogP contribution in [0.5, 0.6) is 5.75 Å². The molecule has 0 spiro atoms. The molecule has 1 N–H and O–H groups in total. The lowest BCUT2D eigenvalue weighted by Gasteiger charge is -2.16. The van der Waals surface area contributed by atoms with Crippen LogP contribution in [0.4, 0.5) is 5.69 Å². The second-order valence-corrected chi connectivity index (χ2v) is 8.93. The smallest absolute Gasteiger partial charge is 0.280 e. The molecule has 148 valence electrons. The van der Waals surface area contributed by atoms with Crippen molar-refractivity contribution in [3.05, 3.63) is 40.6 Å². The van der Waals surface area contributed by atoms with Gasteiger partial charge in [-0.05, 0) is 25.6 Å². The highest BCUT2D eigenvalue weighted by atomic mass is 35.5. The number of hydrogen-bond acceptors (Lipinski definition) is 7. The van der Waals surface area contributed by atoms with E-state index in [-0.39, 0.29) is 27.1 Å². The molecule has 1 aromatic carbocycles. The van der Waals surface area contributed by atoms with Crippen LogP contribution in [0, 0.1) is 0 Å². The van der Waals surface area contributed by atoms with Gasteiger partial charge in [0.25, 0.3) is 10.0 Å². The second kappa shape index (κ2) is 7.40. The van der Waals surface area contributed by atoms with E-state index in [1.807, 2.05) is 7.05 Å². The Labute approximate surface area is 171 Å². The molecule has 0 bridgehead atoms. The number of hydrogen-bond donors (Lipinski definition) is 1. The molecule has 1 atom stereocenters. The maximum atomic E-state index is 12.8. The Kier molecular flexibility index (Phi) is 5.09. The highest BCUT2D eigenvalue weighted by molar-refractivity contribution is 7.92. The molecule has 1 aliphatic rings. The zero-order valence-corrected chi connectivity index (χ0v) is 17.1. The molecule has 0 radical (unpaired) electrons. The zero-order valence-electron chi connectivity index (χ0n) is 14.7. The molecule has 0 saturated carbocycles. The Hall–Kier alpha value is -2.07. The van der Waals surface area contributed by atoms with Crippen LogP contribution in [-0.2, 0) is 10.0 Å². The largest absolute Gasteiger partial charge is 0.487 e. The summed E-state index contributed by atoms with van der Waals surface area (Å²) in [6.07, 6.45) is 3.35. The van der Waals surface area contributed by atoms with Gasteiger partial charge in [-0.25, -0.2) is 4.98 Å². The van der Waals surface area contributed by atoms with Crippen molar-refractivity contribution in [2.45, 2.75) is 17.6 Å². The number of nitrogens with zero attached hydrogens (tertiary/aromatic N) is 3. The first-order valence-corrected chi connectivity index (χ1v) is 10.6. The van der Waals surface area contributed by atoms with Gasteiger partial charge in [-0.1, -0.05) is 28.4 Å². The Bertz CT molecular complexity index is 1140. The standard InChI is InChI=1S/C17H16Cl2N4O4S/c1-23-5-4-11(9-23)26-15-6-10(2-3-13(15)18)22-28(24,25)17-12-7-21-27-16(12)14(19)8-20-17/h2-3,6-8,11,22H,4-5,9H2,1H3/t11-/m1/s1. The predicted octanol–water partition coefficient (Wildman–Crippen LogP) is 3.41. The van der Waals surface area contributed by atoms with Crippen LogP contribution >= 0.6 is 23.2 Å². The van der Waals surface area contributed by atoms with E-state index in [0.29, 0.717) is 16.5 Å². The summed E-state index contributed by atoms with van der Waals surface area (Å²) in [7, 11) is -2.00. The van der Waals surface area contributed by atoms with Gasteiger partial charge in [0.05, 0.1) is 28.5 Å². The van der Waals surface area contributed by atoms with Crippen LogP contribution in [0.15, 0.2) is 40.1 Å². The summed E-state index contributed by atoms with van der Waals surface area (Å²) in [6.45, 7) is 1.72. The maximum Gasteiger partial charge on any atom is 0.280 e. The molecule has 0 aliphatic carbocycles. The minimum atomic E-state index is -4.02. The van der Waals surface area contributed by atoms with Crippen LogP contribution in [0.1, 0.15) is 6.42 Å². The summed E-state index contributed by atoms with van der Waals surface area (Å²) in [5.41, 5.74) is 0.453. The van der Waals surface area contributed by atoms with Gasteiger partial charge in [0.2, 0.25) is 0 Å². The summed E-state index contributed by atoms with van der Waals surface area (Å²) in [4.78, 5) is 6.09. The van der Waals surface area contributed by atoms with Gasteiger partial charge in [0, 0.05) is 19.2 Å². The average Bonchev–Trinajstić information content (AvgIpc) is 3.27. The van der Waals surface area contributed by atoms with Crippen LogP contribution in [-0.4, -0.2) is 49.7 Å². The number of fused-ring (bicyclic) bond motifs is 1. The average molecular weight is 443 g/mol. The SMILES string of the molecule is CN1CC[C@@H](Oc2cc(NS(=O)(=O)c3ncc(Cl)c4oncc34)ccc2Cl)C1. The van der Waals surface area contributed by atoms with Gasteiger partial charge in [0.1, 0.15) is 16.9 Å². The summed E-state index contributed by atoms with van der Waals surface area (Å²) in [5.74, 6) is 0.418.